The number of nitrogens with two attached hydrogens (primary N) is 1. The average Bonchev–Trinajstić information content (AvgIpc) is 2.91. The molecule has 0 atom stereocenters. The van der Waals surface area contributed by atoms with Gasteiger partial charge in [-0.05, 0) is 23.8 Å². The predicted molar refractivity (Wildman–Crippen MR) is 131 cm³/mol. The number of hydrogen-bond donors (Lipinski definition) is 3. The molecule has 1 aliphatic rings. The number of carbonyl (C=O) groups is 3. The standard InChI is InChI=1S/C23H24FN5O3.C2HF3O2/c24-19-6-5-15(14-20-16-3-1-2-4-17(16)22(31)27-26-20)13-18(19)23(32)29-11-9-28(10-12-29)21(30)7-8-25;3-2(4,5)1(6)7/h1-6,13H,7-12,14,25H2,(H,27,31);(H,6,7). The number of fused-ring (bicyclic) bond motifs is 1. The number of H-pyrrole nitrogens is 1. The highest BCUT2D eigenvalue weighted by Crippen LogP contribution is 2.20. The lowest BCUT2D eigenvalue weighted by molar-refractivity contribution is -0.192. The van der Waals surface area contributed by atoms with Crippen LogP contribution in [0.3, 0.4) is 0 Å². The molecule has 1 aliphatic heterocycles. The highest BCUT2D eigenvalue weighted by Gasteiger charge is 2.38. The minimum absolute atomic E-state index is 0.0158. The van der Waals surface area contributed by atoms with Crippen molar-refractivity contribution in [3.63, 3.8) is 0 Å². The Morgan fingerprint density at radius 3 is 2.18 bits per heavy atom. The summed E-state index contributed by atoms with van der Waals surface area (Å²) in [7, 11) is 0. The van der Waals surface area contributed by atoms with Gasteiger partial charge in [0.15, 0.2) is 0 Å². The zero-order valence-corrected chi connectivity index (χ0v) is 20.5. The van der Waals surface area contributed by atoms with Gasteiger partial charge < -0.3 is 20.6 Å². The zero-order chi connectivity index (χ0) is 28.7. The van der Waals surface area contributed by atoms with Gasteiger partial charge in [0.25, 0.3) is 11.5 Å². The van der Waals surface area contributed by atoms with Crippen LogP contribution < -0.4 is 11.3 Å². The van der Waals surface area contributed by atoms with E-state index in [4.69, 9.17) is 15.6 Å². The fourth-order valence-corrected chi connectivity index (χ4v) is 3.96. The minimum Gasteiger partial charge on any atom is -0.475 e. The second-order valence-corrected chi connectivity index (χ2v) is 8.55. The van der Waals surface area contributed by atoms with Crippen molar-refractivity contribution in [2.24, 2.45) is 5.73 Å². The van der Waals surface area contributed by atoms with E-state index >= 15 is 0 Å². The van der Waals surface area contributed by atoms with E-state index in [1.807, 2.05) is 12.1 Å². The number of aromatic amines is 1. The lowest BCUT2D eigenvalue weighted by Crippen LogP contribution is -2.51. The molecular weight excluding hydrogens is 526 g/mol. The van der Waals surface area contributed by atoms with Crippen LogP contribution >= 0.6 is 0 Å². The molecule has 4 N–H and O–H groups in total. The van der Waals surface area contributed by atoms with E-state index in [2.05, 4.69) is 10.2 Å². The number of piperazine rings is 1. The summed E-state index contributed by atoms with van der Waals surface area (Å²) in [6.45, 7) is 1.77. The molecule has 0 spiro atoms. The van der Waals surface area contributed by atoms with Crippen molar-refractivity contribution < 1.29 is 37.1 Å². The van der Waals surface area contributed by atoms with Crippen LogP contribution in [-0.4, -0.2) is 81.8 Å². The lowest BCUT2D eigenvalue weighted by atomic mass is 10.0. The van der Waals surface area contributed by atoms with Crippen molar-refractivity contribution >= 4 is 28.6 Å². The normalized spacial score (nSPS) is 13.6. The second-order valence-electron chi connectivity index (χ2n) is 8.55. The Bertz CT molecular complexity index is 1420. The van der Waals surface area contributed by atoms with E-state index in [-0.39, 0.29) is 30.0 Å². The Morgan fingerprint density at radius 1 is 1.00 bits per heavy atom. The number of carboxylic acid groups (broad SMARTS) is 1. The number of halogens is 4. The van der Waals surface area contributed by atoms with Gasteiger partial charge >= 0.3 is 12.1 Å². The van der Waals surface area contributed by atoms with Gasteiger partial charge in [0.05, 0.1) is 16.6 Å². The summed E-state index contributed by atoms with van der Waals surface area (Å²) < 4.78 is 46.3. The van der Waals surface area contributed by atoms with Gasteiger partial charge in [-0.15, -0.1) is 0 Å². The lowest BCUT2D eigenvalue weighted by Gasteiger charge is -2.35. The number of carboxylic acids is 1. The smallest absolute Gasteiger partial charge is 0.475 e. The molecule has 0 unspecified atom stereocenters. The third kappa shape index (κ3) is 7.37. The van der Waals surface area contributed by atoms with Gasteiger partial charge in [0, 0.05) is 51.0 Å². The number of amides is 2. The van der Waals surface area contributed by atoms with E-state index in [0.717, 1.165) is 0 Å². The number of carbonyl (C=O) groups excluding carboxylic acids is 2. The summed E-state index contributed by atoms with van der Waals surface area (Å²) in [4.78, 5) is 49.1. The predicted octanol–water partition coefficient (Wildman–Crippen LogP) is 1.92. The first kappa shape index (κ1) is 29.2. The highest BCUT2D eigenvalue weighted by molar-refractivity contribution is 5.95. The monoisotopic (exact) mass is 551 g/mol. The Kier molecular flexibility index (Phi) is 9.35. The topological polar surface area (TPSA) is 150 Å². The first-order valence-corrected chi connectivity index (χ1v) is 11.7. The van der Waals surface area contributed by atoms with Gasteiger partial charge in [-0.2, -0.15) is 18.3 Å². The minimum atomic E-state index is -5.08. The van der Waals surface area contributed by atoms with Crippen LogP contribution in [0.1, 0.15) is 28.0 Å². The SMILES string of the molecule is NCCC(=O)N1CCN(C(=O)c2cc(Cc3n[nH]c(=O)c4ccccc34)ccc2F)CC1.O=C(O)C(F)(F)F. The first-order chi connectivity index (χ1) is 18.4. The second kappa shape index (κ2) is 12.5. The van der Waals surface area contributed by atoms with Crippen LogP contribution in [-0.2, 0) is 16.0 Å². The van der Waals surface area contributed by atoms with Crippen LogP contribution in [0.25, 0.3) is 10.8 Å². The van der Waals surface area contributed by atoms with Gasteiger partial charge in [0.1, 0.15) is 5.82 Å². The fraction of sp³-hybridized carbons (Fsp3) is 0.320. The van der Waals surface area contributed by atoms with E-state index in [1.165, 1.54) is 12.1 Å². The number of alkyl halides is 3. The van der Waals surface area contributed by atoms with Gasteiger partial charge in [0.2, 0.25) is 5.91 Å². The van der Waals surface area contributed by atoms with E-state index < -0.39 is 23.9 Å². The molecule has 1 saturated heterocycles. The maximum Gasteiger partial charge on any atom is 0.490 e. The van der Waals surface area contributed by atoms with Gasteiger partial charge in [-0.3, -0.25) is 14.4 Å². The molecule has 3 aromatic rings. The molecule has 0 bridgehead atoms. The van der Waals surface area contributed by atoms with Crippen molar-refractivity contribution in [2.75, 3.05) is 32.7 Å². The molecule has 0 radical (unpaired) electrons. The van der Waals surface area contributed by atoms with E-state index in [9.17, 15) is 31.9 Å². The maximum atomic E-state index is 14.5. The van der Waals surface area contributed by atoms with E-state index in [0.29, 0.717) is 54.6 Å². The Labute approximate surface area is 219 Å². The third-order valence-corrected chi connectivity index (χ3v) is 5.93. The first-order valence-electron chi connectivity index (χ1n) is 11.7. The van der Waals surface area contributed by atoms with Crippen LogP contribution in [0.5, 0.6) is 0 Å². The Hall–Kier alpha value is -4.33. The molecule has 0 saturated carbocycles. The molecule has 2 aromatic carbocycles. The van der Waals surface area contributed by atoms with Gasteiger partial charge in [-0.1, -0.05) is 24.3 Å². The molecule has 1 aromatic heterocycles. The number of aliphatic carboxylic acids is 1. The van der Waals surface area contributed by atoms with Crippen LogP contribution in [0.2, 0.25) is 0 Å². The number of nitrogens with zero attached hydrogens (tertiary/aromatic N) is 3. The zero-order valence-electron chi connectivity index (χ0n) is 20.5. The Morgan fingerprint density at radius 2 is 1.59 bits per heavy atom. The van der Waals surface area contributed by atoms with Crippen molar-refractivity contribution in [2.45, 2.75) is 19.0 Å². The maximum absolute atomic E-state index is 14.5. The quantitative estimate of drug-likeness (QED) is 0.410. The van der Waals surface area contributed by atoms with Crippen molar-refractivity contribution in [3.8, 4) is 0 Å². The van der Waals surface area contributed by atoms with Gasteiger partial charge in [-0.25, -0.2) is 14.3 Å². The molecule has 10 nitrogen and oxygen atoms in total. The average molecular weight is 551 g/mol. The number of hydrogen-bond acceptors (Lipinski definition) is 6. The molecule has 39 heavy (non-hydrogen) atoms. The number of aromatic nitrogens is 2. The molecule has 14 heteroatoms. The summed E-state index contributed by atoms with van der Waals surface area (Å²) in [5, 5.41) is 15.0. The molecular formula is C25H25F4N5O5. The van der Waals surface area contributed by atoms with Crippen molar-refractivity contribution in [1.82, 2.24) is 20.0 Å². The largest absolute Gasteiger partial charge is 0.490 e. The summed E-state index contributed by atoms with van der Waals surface area (Å²) in [6.07, 6.45) is -4.47. The Balaban J connectivity index is 0.000000532. The van der Waals surface area contributed by atoms with Crippen LogP contribution in [0, 0.1) is 5.82 Å². The fourth-order valence-electron chi connectivity index (χ4n) is 3.96. The van der Waals surface area contributed by atoms with E-state index in [1.54, 1.807) is 28.0 Å². The molecule has 2 heterocycles. The van der Waals surface area contributed by atoms with Crippen LogP contribution in [0.4, 0.5) is 17.6 Å². The summed E-state index contributed by atoms with van der Waals surface area (Å²) in [5.41, 5.74) is 6.49. The molecule has 0 aliphatic carbocycles. The summed E-state index contributed by atoms with van der Waals surface area (Å²) in [6, 6.07) is 11.6. The number of nitrogens with one attached hydrogen (secondary N) is 1. The van der Waals surface area contributed by atoms with Crippen LogP contribution in [0.15, 0.2) is 47.3 Å². The highest BCUT2D eigenvalue weighted by atomic mass is 19.4. The molecule has 2 amide bonds. The summed E-state index contributed by atoms with van der Waals surface area (Å²) in [5.74, 6) is -3.80. The number of rotatable bonds is 5. The number of benzene rings is 2. The van der Waals surface area contributed by atoms with Crippen molar-refractivity contribution in [1.29, 1.82) is 0 Å². The molecule has 1 fully saturated rings. The summed E-state index contributed by atoms with van der Waals surface area (Å²) >= 11 is 0. The molecule has 4 rings (SSSR count). The molecule has 208 valence electrons. The third-order valence-electron chi connectivity index (χ3n) is 5.93. The van der Waals surface area contributed by atoms with Crippen molar-refractivity contribution in [3.05, 3.63) is 75.5 Å².